The molecule has 0 fully saturated rings. The van der Waals surface area contributed by atoms with Crippen LogP contribution in [0.1, 0.15) is 19.8 Å². The molecule has 0 amide bonds. The van der Waals surface area contributed by atoms with Crippen molar-refractivity contribution in [1.82, 2.24) is 40.3 Å². The van der Waals surface area contributed by atoms with Crippen molar-refractivity contribution in [2.45, 2.75) is 19.8 Å². The van der Waals surface area contributed by atoms with E-state index in [1.807, 2.05) is 0 Å². The van der Waals surface area contributed by atoms with Gasteiger partial charge in [0.1, 0.15) is 11.0 Å². The summed E-state index contributed by atoms with van der Waals surface area (Å²) < 4.78 is 0. The Kier molecular flexibility index (Phi) is 4.58. The fraction of sp³-hybridized carbons (Fsp3) is 0.250. The molecule has 4 rings (SSSR count). The van der Waals surface area contributed by atoms with Gasteiger partial charge in [-0.05, 0) is 50.8 Å². The van der Waals surface area contributed by atoms with Crippen molar-refractivity contribution in [3.8, 4) is 0 Å². The largest absolute Gasteiger partial charge is 0.337 e. The number of hydrogen-bond acceptors (Lipinski definition) is 10. The maximum atomic E-state index is 12.2. The number of carbonyl (C=O) groups is 2. The molecule has 0 aliphatic heterocycles. The van der Waals surface area contributed by atoms with E-state index in [9.17, 15) is 9.59 Å². The van der Waals surface area contributed by atoms with E-state index in [1.165, 1.54) is 12.4 Å². The van der Waals surface area contributed by atoms with Gasteiger partial charge >= 0.3 is 11.9 Å². The third-order valence-electron chi connectivity index (χ3n) is 3.91. The lowest BCUT2D eigenvalue weighted by Gasteiger charge is -2.09. The van der Waals surface area contributed by atoms with Crippen LogP contribution in [-0.2, 0) is 9.59 Å². The van der Waals surface area contributed by atoms with Crippen molar-refractivity contribution in [2.75, 3.05) is 0 Å². The molecule has 0 aliphatic carbocycles. The summed E-state index contributed by atoms with van der Waals surface area (Å²) in [6.07, 6.45) is 3.26. The second-order valence-electron chi connectivity index (χ2n) is 5.93. The number of hydrogen-bond donors (Lipinski definition) is 0. The normalized spacial score (nSPS) is 12.2. The summed E-state index contributed by atoms with van der Waals surface area (Å²) in [7, 11) is 0. The molecule has 0 aromatic carbocycles. The number of carbonyl (C=O) groups excluding carboxylic acids is 2. The van der Waals surface area contributed by atoms with Crippen LogP contribution in [-0.4, -0.2) is 52.2 Å². The Bertz CT molecular complexity index is 1150. The van der Waals surface area contributed by atoms with E-state index in [1.54, 1.807) is 31.2 Å². The number of aromatic nitrogens is 8. The molecular formula is C16H14N8O4. The van der Waals surface area contributed by atoms with Crippen LogP contribution in [0.3, 0.4) is 0 Å². The Morgan fingerprint density at radius 1 is 0.964 bits per heavy atom. The first kappa shape index (κ1) is 17.5. The van der Waals surface area contributed by atoms with Gasteiger partial charge in [-0.25, -0.2) is 19.6 Å². The van der Waals surface area contributed by atoms with Gasteiger partial charge in [-0.2, -0.15) is 0 Å². The van der Waals surface area contributed by atoms with Crippen LogP contribution in [0.5, 0.6) is 0 Å². The van der Waals surface area contributed by atoms with Gasteiger partial charge in [-0.15, -0.1) is 10.2 Å². The van der Waals surface area contributed by atoms with Crippen LogP contribution in [0.4, 0.5) is 0 Å². The molecule has 1 atom stereocenters. The summed E-state index contributed by atoms with van der Waals surface area (Å²) in [6.45, 7) is 1.63. The molecule has 0 radical (unpaired) electrons. The third-order valence-corrected chi connectivity index (χ3v) is 3.91. The summed E-state index contributed by atoms with van der Waals surface area (Å²) >= 11 is 0. The molecule has 0 bridgehead atoms. The van der Waals surface area contributed by atoms with Crippen molar-refractivity contribution < 1.29 is 19.3 Å². The highest BCUT2D eigenvalue weighted by Crippen LogP contribution is 2.10. The van der Waals surface area contributed by atoms with Crippen molar-refractivity contribution in [3.05, 3.63) is 36.7 Å². The maximum absolute atomic E-state index is 12.2. The van der Waals surface area contributed by atoms with Gasteiger partial charge < -0.3 is 9.68 Å². The number of fused-ring (bicyclic) bond motifs is 2. The van der Waals surface area contributed by atoms with Gasteiger partial charge in [-0.1, -0.05) is 6.92 Å². The summed E-state index contributed by atoms with van der Waals surface area (Å²) in [6, 6.07) is 6.79. The molecule has 0 saturated carbocycles. The molecule has 12 heteroatoms. The molecule has 0 spiro atoms. The smallest absolute Gasteiger partial charge is 0.316 e. The molecule has 1 unspecified atom stereocenters. The molecule has 142 valence electrons. The van der Waals surface area contributed by atoms with Crippen LogP contribution in [0.15, 0.2) is 36.7 Å². The van der Waals surface area contributed by atoms with Crippen LogP contribution >= 0.6 is 0 Å². The van der Waals surface area contributed by atoms with E-state index in [-0.39, 0.29) is 12.8 Å². The minimum atomic E-state index is -0.582. The number of rotatable bonds is 6. The van der Waals surface area contributed by atoms with Crippen LogP contribution < -0.4 is 9.68 Å². The molecule has 0 N–H and O–H groups in total. The zero-order valence-corrected chi connectivity index (χ0v) is 14.7. The van der Waals surface area contributed by atoms with Crippen molar-refractivity contribution in [3.63, 3.8) is 0 Å². The molecule has 0 aliphatic rings. The average molecular weight is 382 g/mol. The Morgan fingerprint density at radius 3 is 2.14 bits per heavy atom. The van der Waals surface area contributed by atoms with E-state index in [0.29, 0.717) is 22.3 Å². The van der Waals surface area contributed by atoms with Gasteiger partial charge in [0.15, 0.2) is 0 Å². The topological polar surface area (TPSA) is 140 Å². The molecular weight excluding hydrogens is 368 g/mol. The van der Waals surface area contributed by atoms with E-state index < -0.39 is 17.9 Å². The minimum absolute atomic E-state index is 0.0270. The molecule has 4 heterocycles. The molecule has 4 aromatic heterocycles. The Hall–Kier alpha value is -3.96. The monoisotopic (exact) mass is 382 g/mol. The van der Waals surface area contributed by atoms with E-state index in [4.69, 9.17) is 9.68 Å². The van der Waals surface area contributed by atoms with Gasteiger partial charge in [0.05, 0.1) is 5.92 Å². The zero-order valence-electron chi connectivity index (χ0n) is 14.7. The van der Waals surface area contributed by atoms with E-state index >= 15 is 0 Å². The summed E-state index contributed by atoms with van der Waals surface area (Å²) in [4.78, 5) is 44.6. The second-order valence-corrected chi connectivity index (χ2v) is 5.93. The first-order valence-electron chi connectivity index (χ1n) is 8.38. The maximum Gasteiger partial charge on any atom is 0.337 e. The number of pyridine rings is 2. The van der Waals surface area contributed by atoms with Crippen molar-refractivity contribution in [2.24, 2.45) is 5.92 Å². The number of nitrogens with zero attached hydrogens (tertiary/aromatic N) is 8. The lowest BCUT2D eigenvalue weighted by molar-refractivity contribution is -0.151. The lowest BCUT2D eigenvalue weighted by atomic mass is 10.1. The van der Waals surface area contributed by atoms with Crippen LogP contribution in [0.2, 0.25) is 0 Å². The van der Waals surface area contributed by atoms with Gasteiger partial charge in [0.25, 0.3) is 0 Å². The highest BCUT2D eigenvalue weighted by Gasteiger charge is 2.20. The summed E-state index contributed by atoms with van der Waals surface area (Å²) in [5.41, 5.74) is 1.66. The standard InChI is InChI=1S/C16H14N8O4/c1-10(16(26)28-24-15-12(20-22-24)5-3-9-18-15)6-7-13(25)27-23-14-11(19-21-23)4-2-8-17-14/h2-5,8-10H,6-7H2,1H3. The third kappa shape index (κ3) is 3.47. The Morgan fingerprint density at radius 2 is 1.54 bits per heavy atom. The van der Waals surface area contributed by atoms with Gasteiger partial charge in [0, 0.05) is 18.8 Å². The van der Waals surface area contributed by atoms with Crippen molar-refractivity contribution >= 4 is 34.3 Å². The average Bonchev–Trinajstić information content (AvgIpc) is 3.31. The SMILES string of the molecule is CC(CCC(=O)On1nnc2cccnc21)C(=O)On1nnc2cccnc21. The highest BCUT2D eigenvalue weighted by atomic mass is 16.7. The summed E-state index contributed by atoms with van der Waals surface area (Å²) in [5.74, 6) is -1.73. The van der Waals surface area contributed by atoms with Crippen LogP contribution in [0, 0.1) is 5.92 Å². The first-order valence-corrected chi connectivity index (χ1v) is 8.38. The minimum Gasteiger partial charge on any atom is -0.316 e. The van der Waals surface area contributed by atoms with E-state index in [2.05, 4.69) is 30.6 Å². The first-order chi connectivity index (χ1) is 13.6. The zero-order chi connectivity index (χ0) is 19.5. The predicted molar refractivity (Wildman–Crippen MR) is 92.2 cm³/mol. The van der Waals surface area contributed by atoms with Gasteiger partial charge in [-0.3, -0.25) is 0 Å². The Labute approximate surface area is 157 Å². The highest BCUT2D eigenvalue weighted by molar-refractivity contribution is 5.76. The van der Waals surface area contributed by atoms with E-state index in [0.717, 1.165) is 9.69 Å². The van der Waals surface area contributed by atoms with Gasteiger partial charge in [0.2, 0.25) is 11.3 Å². The fourth-order valence-corrected chi connectivity index (χ4v) is 2.38. The van der Waals surface area contributed by atoms with Crippen molar-refractivity contribution in [1.29, 1.82) is 0 Å². The second kappa shape index (κ2) is 7.34. The molecule has 12 nitrogen and oxygen atoms in total. The molecule has 4 aromatic rings. The lowest BCUT2D eigenvalue weighted by Crippen LogP contribution is -2.28. The fourth-order valence-electron chi connectivity index (χ4n) is 2.38. The molecule has 28 heavy (non-hydrogen) atoms. The summed E-state index contributed by atoms with van der Waals surface area (Å²) in [5, 5.41) is 15.1. The van der Waals surface area contributed by atoms with Crippen LogP contribution in [0.25, 0.3) is 22.3 Å². The quantitative estimate of drug-likeness (QED) is 0.418. The Balaban J connectivity index is 1.32. The molecule has 0 saturated heterocycles. The predicted octanol–water partition coefficient (Wildman–Crippen LogP) is -0.00710.